The minimum absolute atomic E-state index is 0.864. The Hall–Kier alpha value is -1.09. The zero-order chi connectivity index (χ0) is 11.8. The van der Waals surface area contributed by atoms with E-state index < -0.39 is 0 Å². The second kappa shape index (κ2) is 7.23. The topological polar surface area (TPSA) is 28.2 Å². The van der Waals surface area contributed by atoms with Crippen LogP contribution in [0.2, 0.25) is 0 Å². The molecule has 0 atom stereocenters. The van der Waals surface area contributed by atoms with Crippen LogP contribution in [0.3, 0.4) is 0 Å². The molecule has 1 rings (SSSR count). The van der Waals surface area contributed by atoms with Gasteiger partial charge in [0.05, 0.1) is 5.69 Å². The Labute approximate surface area is 98.9 Å². The predicted molar refractivity (Wildman–Crippen MR) is 69.8 cm³/mol. The molecule has 0 aromatic carbocycles. The van der Waals surface area contributed by atoms with Crippen LogP contribution in [0.15, 0.2) is 18.2 Å². The third-order valence-electron chi connectivity index (χ3n) is 2.61. The third kappa shape index (κ3) is 3.81. The van der Waals surface area contributed by atoms with Gasteiger partial charge < -0.3 is 10.2 Å². The fourth-order valence-corrected chi connectivity index (χ4v) is 1.68. The lowest BCUT2D eigenvalue weighted by Crippen LogP contribution is -2.23. The summed E-state index contributed by atoms with van der Waals surface area (Å²) in [6.45, 7) is 10.4. The van der Waals surface area contributed by atoms with Gasteiger partial charge >= 0.3 is 0 Å². The molecular formula is C13H23N3. The number of hydrogen-bond donors (Lipinski definition) is 1. The maximum absolute atomic E-state index is 4.65. The van der Waals surface area contributed by atoms with E-state index in [4.69, 9.17) is 0 Å². The maximum atomic E-state index is 4.65. The highest BCUT2D eigenvalue weighted by Gasteiger charge is 2.03. The quantitative estimate of drug-likeness (QED) is 0.717. The van der Waals surface area contributed by atoms with Crippen LogP contribution in [0.25, 0.3) is 0 Å². The summed E-state index contributed by atoms with van der Waals surface area (Å²) in [5.41, 5.74) is 1.12. The van der Waals surface area contributed by atoms with Crippen molar-refractivity contribution in [2.45, 2.75) is 33.7 Å². The van der Waals surface area contributed by atoms with Gasteiger partial charge in [-0.15, -0.1) is 0 Å². The molecule has 90 valence electrons. The van der Waals surface area contributed by atoms with Crippen molar-refractivity contribution < 1.29 is 0 Å². The molecule has 0 unspecified atom stereocenters. The molecule has 1 aromatic rings. The van der Waals surface area contributed by atoms with Gasteiger partial charge in [-0.2, -0.15) is 0 Å². The number of rotatable bonds is 7. The van der Waals surface area contributed by atoms with Crippen molar-refractivity contribution in [3.63, 3.8) is 0 Å². The largest absolute Gasteiger partial charge is 0.357 e. The van der Waals surface area contributed by atoms with E-state index in [9.17, 15) is 0 Å². The molecular weight excluding hydrogens is 198 g/mol. The standard InChI is InChI=1S/C13H23N3/c1-4-10-14-11-12-8-7-9-13(15-12)16(5-2)6-3/h7-9,14H,4-6,10-11H2,1-3H3. The Bertz CT molecular complexity index is 295. The first-order valence-electron chi connectivity index (χ1n) is 6.23. The van der Waals surface area contributed by atoms with E-state index in [1.807, 2.05) is 0 Å². The molecule has 0 bridgehead atoms. The van der Waals surface area contributed by atoms with Gasteiger partial charge in [0.25, 0.3) is 0 Å². The Morgan fingerprint density at radius 3 is 2.56 bits per heavy atom. The van der Waals surface area contributed by atoms with E-state index in [1.165, 1.54) is 0 Å². The van der Waals surface area contributed by atoms with Crippen LogP contribution in [-0.2, 0) is 6.54 Å². The fourth-order valence-electron chi connectivity index (χ4n) is 1.68. The van der Waals surface area contributed by atoms with Gasteiger partial charge in [-0.3, -0.25) is 0 Å². The molecule has 0 saturated heterocycles. The Morgan fingerprint density at radius 2 is 1.94 bits per heavy atom. The van der Waals surface area contributed by atoms with Crippen LogP contribution in [0.4, 0.5) is 5.82 Å². The predicted octanol–water partition coefficient (Wildman–Crippen LogP) is 2.43. The van der Waals surface area contributed by atoms with E-state index in [-0.39, 0.29) is 0 Å². The summed E-state index contributed by atoms with van der Waals surface area (Å²) in [5, 5.41) is 3.37. The van der Waals surface area contributed by atoms with Gasteiger partial charge in [-0.25, -0.2) is 4.98 Å². The van der Waals surface area contributed by atoms with Crippen molar-refractivity contribution in [2.75, 3.05) is 24.5 Å². The normalized spacial score (nSPS) is 10.4. The van der Waals surface area contributed by atoms with Crippen molar-refractivity contribution in [3.05, 3.63) is 23.9 Å². The SMILES string of the molecule is CCCNCc1cccc(N(CC)CC)n1. The molecule has 0 saturated carbocycles. The molecule has 1 N–H and O–H groups in total. The summed E-state index contributed by atoms with van der Waals surface area (Å²) in [6.07, 6.45) is 1.16. The number of aromatic nitrogens is 1. The molecule has 1 aromatic heterocycles. The first-order chi connectivity index (χ1) is 7.81. The lowest BCUT2D eigenvalue weighted by molar-refractivity contribution is 0.663. The zero-order valence-electron chi connectivity index (χ0n) is 10.7. The summed E-state index contributed by atoms with van der Waals surface area (Å²) in [4.78, 5) is 6.92. The monoisotopic (exact) mass is 221 g/mol. The second-order valence-corrected chi connectivity index (χ2v) is 3.84. The van der Waals surface area contributed by atoms with Crippen molar-refractivity contribution in [1.82, 2.24) is 10.3 Å². The highest BCUT2D eigenvalue weighted by molar-refractivity contribution is 5.38. The summed E-state index contributed by atoms with van der Waals surface area (Å²) in [6, 6.07) is 6.25. The minimum atomic E-state index is 0.864. The molecule has 16 heavy (non-hydrogen) atoms. The molecule has 3 nitrogen and oxygen atoms in total. The summed E-state index contributed by atoms with van der Waals surface area (Å²) >= 11 is 0. The fraction of sp³-hybridized carbons (Fsp3) is 0.615. The lowest BCUT2D eigenvalue weighted by atomic mass is 10.3. The molecule has 0 aliphatic heterocycles. The first-order valence-corrected chi connectivity index (χ1v) is 6.23. The van der Waals surface area contributed by atoms with E-state index in [0.717, 1.165) is 44.1 Å². The first kappa shape index (κ1) is 13.0. The van der Waals surface area contributed by atoms with Crippen LogP contribution >= 0.6 is 0 Å². The molecule has 0 aliphatic rings. The second-order valence-electron chi connectivity index (χ2n) is 3.84. The smallest absolute Gasteiger partial charge is 0.128 e. The average Bonchev–Trinajstić information content (AvgIpc) is 2.32. The lowest BCUT2D eigenvalue weighted by Gasteiger charge is -2.20. The van der Waals surface area contributed by atoms with Gasteiger partial charge in [0.2, 0.25) is 0 Å². The highest BCUT2D eigenvalue weighted by atomic mass is 15.2. The summed E-state index contributed by atoms with van der Waals surface area (Å²) in [7, 11) is 0. The molecule has 0 radical (unpaired) electrons. The van der Waals surface area contributed by atoms with Gasteiger partial charge in [-0.05, 0) is 38.9 Å². The van der Waals surface area contributed by atoms with Crippen LogP contribution in [0.1, 0.15) is 32.9 Å². The molecule has 0 spiro atoms. The number of anilines is 1. The zero-order valence-corrected chi connectivity index (χ0v) is 10.7. The Morgan fingerprint density at radius 1 is 1.19 bits per heavy atom. The molecule has 0 fully saturated rings. The van der Waals surface area contributed by atoms with Crippen molar-refractivity contribution >= 4 is 5.82 Å². The van der Waals surface area contributed by atoms with Crippen molar-refractivity contribution in [2.24, 2.45) is 0 Å². The maximum Gasteiger partial charge on any atom is 0.128 e. The molecule has 1 heterocycles. The molecule has 0 amide bonds. The van der Waals surface area contributed by atoms with Gasteiger partial charge in [0, 0.05) is 19.6 Å². The third-order valence-corrected chi connectivity index (χ3v) is 2.61. The number of nitrogens with zero attached hydrogens (tertiary/aromatic N) is 2. The van der Waals surface area contributed by atoms with E-state index >= 15 is 0 Å². The summed E-state index contributed by atoms with van der Waals surface area (Å²) in [5.74, 6) is 1.08. The molecule has 3 heteroatoms. The van der Waals surface area contributed by atoms with Crippen LogP contribution < -0.4 is 10.2 Å². The Balaban J connectivity index is 2.62. The van der Waals surface area contributed by atoms with Crippen LogP contribution in [0.5, 0.6) is 0 Å². The van der Waals surface area contributed by atoms with Crippen molar-refractivity contribution in [3.8, 4) is 0 Å². The van der Waals surface area contributed by atoms with Gasteiger partial charge in [0.15, 0.2) is 0 Å². The minimum Gasteiger partial charge on any atom is -0.357 e. The Kier molecular flexibility index (Phi) is 5.86. The number of pyridine rings is 1. The molecule has 0 aliphatic carbocycles. The van der Waals surface area contributed by atoms with E-state index in [1.54, 1.807) is 0 Å². The summed E-state index contributed by atoms with van der Waals surface area (Å²) < 4.78 is 0. The number of nitrogens with one attached hydrogen (secondary N) is 1. The average molecular weight is 221 g/mol. The van der Waals surface area contributed by atoms with Crippen molar-refractivity contribution in [1.29, 1.82) is 0 Å². The van der Waals surface area contributed by atoms with Crippen LogP contribution in [0, 0.1) is 0 Å². The highest BCUT2D eigenvalue weighted by Crippen LogP contribution is 2.10. The van der Waals surface area contributed by atoms with E-state index in [0.29, 0.717) is 0 Å². The van der Waals surface area contributed by atoms with Gasteiger partial charge in [-0.1, -0.05) is 13.0 Å². The van der Waals surface area contributed by atoms with Crippen LogP contribution in [-0.4, -0.2) is 24.6 Å². The van der Waals surface area contributed by atoms with Gasteiger partial charge in [0.1, 0.15) is 5.82 Å². The van der Waals surface area contributed by atoms with E-state index in [2.05, 4.69) is 54.2 Å². The number of hydrogen-bond acceptors (Lipinski definition) is 3.